The van der Waals surface area contributed by atoms with Crippen molar-refractivity contribution in [2.75, 3.05) is 13.1 Å². The van der Waals surface area contributed by atoms with Crippen molar-refractivity contribution in [2.24, 2.45) is 5.92 Å². The average Bonchev–Trinajstić information content (AvgIpc) is 3.17. The summed E-state index contributed by atoms with van der Waals surface area (Å²) in [6.07, 6.45) is 4.64. The van der Waals surface area contributed by atoms with Crippen molar-refractivity contribution in [1.29, 1.82) is 0 Å². The van der Waals surface area contributed by atoms with Gasteiger partial charge in [-0.05, 0) is 31.2 Å². The molecule has 6 nitrogen and oxygen atoms in total. The first-order chi connectivity index (χ1) is 10.6. The van der Waals surface area contributed by atoms with E-state index in [1.807, 2.05) is 11.0 Å². The maximum Gasteiger partial charge on any atom is 0.292 e. The molecule has 1 saturated heterocycles. The van der Waals surface area contributed by atoms with Gasteiger partial charge in [0.25, 0.3) is 5.91 Å². The van der Waals surface area contributed by atoms with Crippen molar-refractivity contribution in [3.05, 3.63) is 35.5 Å². The second kappa shape index (κ2) is 6.34. The van der Waals surface area contributed by atoms with Gasteiger partial charge in [0.1, 0.15) is 0 Å². The zero-order chi connectivity index (χ0) is 15.5. The molecule has 3 rings (SSSR count). The van der Waals surface area contributed by atoms with Gasteiger partial charge >= 0.3 is 0 Å². The van der Waals surface area contributed by atoms with E-state index in [1.54, 1.807) is 12.3 Å². The minimum Gasteiger partial charge on any atom is -0.351 e. The lowest BCUT2D eigenvalue weighted by Gasteiger charge is -2.31. The predicted molar refractivity (Wildman–Crippen MR) is 81.5 cm³/mol. The summed E-state index contributed by atoms with van der Waals surface area (Å²) in [7, 11) is 0. The van der Waals surface area contributed by atoms with Gasteiger partial charge in [-0.1, -0.05) is 19.0 Å². The maximum atomic E-state index is 12.6. The van der Waals surface area contributed by atoms with Crippen LogP contribution in [-0.2, 0) is 6.42 Å². The van der Waals surface area contributed by atoms with Gasteiger partial charge in [-0.3, -0.25) is 9.89 Å². The number of piperidine rings is 1. The molecule has 0 bridgehead atoms. The molecule has 1 atom stereocenters. The third kappa shape index (κ3) is 3.21. The summed E-state index contributed by atoms with van der Waals surface area (Å²) in [5.41, 5.74) is 1.94. The number of nitrogens with one attached hydrogen (secondary N) is 1. The third-order valence-electron chi connectivity index (χ3n) is 4.06. The predicted octanol–water partition coefficient (Wildman–Crippen LogP) is 2.62. The standard InChI is InChI=1S/C16H22N4O2/c1-11(2)8-13-9-15(22-19-13)16(21)20-7-3-4-12(10-20)14-5-6-17-18-14/h5-6,9,11-12H,3-4,7-8,10H2,1-2H3,(H,17,18)/t12-/m1/s1. The van der Waals surface area contributed by atoms with Gasteiger partial charge in [0.2, 0.25) is 5.76 Å². The molecule has 0 unspecified atom stereocenters. The SMILES string of the molecule is CC(C)Cc1cc(C(=O)N2CCC[C@@H](c3ccn[nH]3)C2)on1. The van der Waals surface area contributed by atoms with Gasteiger partial charge in [0.05, 0.1) is 5.69 Å². The van der Waals surface area contributed by atoms with E-state index in [0.29, 0.717) is 24.1 Å². The highest BCUT2D eigenvalue weighted by molar-refractivity contribution is 5.91. The van der Waals surface area contributed by atoms with Gasteiger partial charge in [-0.2, -0.15) is 5.10 Å². The van der Waals surface area contributed by atoms with Gasteiger partial charge in [0.15, 0.2) is 0 Å². The molecular weight excluding hydrogens is 280 g/mol. The molecule has 0 saturated carbocycles. The highest BCUT2D eigenvalue weighted by atomic mass is 16.5. The zero-order valence-corrected chi connectivity index (χ0v) is 13.1. The van der Waals surface area contributed by atoms with Crippen molar-refractivity contribution in [3.63, 3.8) is 0 Å². The Bertz CT molecular complexity index is 618. The van der Waals surface area contributed by atoms with Crippen LogP contribution in [0.25, 0.3) is 0 Å². The number of aromatic nitrogens is 3. The van der Waals surface area contributed by atoms with E-state index in [-0.39, 0.29) is 5.91 Å². The lowest BCUT2D eigenvalue weighted by atomic mass is 9.95. The van der Waals surface area contributed by atoms with Crippen LogP contribution < -0.4 is 0 Å². The van der Waals surface area contributed by atoms with E-state index in [9.17, 15) is 4.79 Å². The first-order valence-electron chi connectivity index (χ1n) is 7.87. The molecule has 2 aromatic heterocycles. The molecule has 2 aromatic rings. The summed E-state index contributed by atoms with van der Waals surface area (Å²) in [6, 6.07) is 3.76. The third-order valence-corrected chi connectivity index (χ3v) is 4.06. The number of nitrogens with zero attached hydrogens (tertiary/aromatic N) is 3. The first-order valence-corrected chi connectivity index (χ1v) is 7.87. The van der Waals surface area contributed by atoms with Crippen LogP contribution in [0.15, 0.2) is 22.9 Å². The number of hydrogen-bond acceptors (Lipinski definition) is 4. The highest BCUT2D eigenvalue weighted by Gasteiger charge is 2.28. The molecule has 1 fully saturated rings. The van der Waals surface area contributed by atoms with Crippen molar-refractivity contribution >= 4 is 5.91 Å². The van der Waals surface area contributed by atoms with Crippen LogP contribution in [0.3, 0.4) is 0 Å². The van der Waals surface area contributed by atoms with Crippen molar-refractivity contribution in [2.45, 2.75) is 39.0 Å². The van der Waals surface area contributed by atoms with Crippen LogP contribution >= 0.6 is 0 Å². The minimum atomic E-state index is -0.0632. The Hall–Kier alpha value is -2.11. The number of aromatic amines is 1. The minimum absolute atomic E-state index is 0.0632. The molecule has 3 heterocycles. The molecule has 1 aliphatic rings. The second-order valence-corrected chi connectivity index (χ2v) is 6.38. The first kappa shape index (κ1) is 14.8. The molecule has 6 heteroatoms. The van der Waals surface area contributed by atoms with E-state index in [0.717, 1.165) is 37.2 Å². The van der Waals surface area contributed by atoms with E-state index >= 15 is 0 Å². The normalized spacial score (nSPS) is 18.9. The Morgan fingerprint density at radius 2 is 2.41 bits per heavy atom. The molecule has 1 N–H and O–H groups in total. The topological polar surface area (TPSA) is 75.0 Å². The number of rotatable bonds is 4. The van der Waals surface area contributed by atoms with Crippen LogP contribution in [0.2, 0.25) is 0 Å². The Morgan fingerprint density at radius 3 is 3.14 bits per heavy atom. The number of likely N-dealkylation sites (tertiary alicyclic amines) is 1. The molecule has 22 heavy (non-hydrogen) atoms. The number of H-pyrrole nitrogens is 1. The van der Waals surface area contributed by atoms with Gasteiger partial charge < -0.3 is 9.42 Å². The van der Waals surface area contributed by atoms with Crippen molar-refractivity contribution in [1.82, 2.24) is 20.3 Å². The summed E-state index contributed by atoms with van der Waals surface area (Å²) >= 11 is 0. The molecular formula is C16H22N4O2. The molecule has 1 amide bonds. The Balaban J connectivity index is 1.67. The summed E-state index contributed by atoms with van der Waals surface area (Å²) in [4.78, 5) is 14.4. The number of hydrogen-bond donors (Lipinski definition) is 1. The number of amides is 1. The van der Waals surface area contributed by atoms with Crippen LogP contribution in [0.1, 0.15) is 54.5 Å². The van der Waals surface area contributed by atoms with E-state index in [2.05, 4.69) is 29.2 Å². The summed E-state index contributed by atoms with van der Waals surface area (Å²) in [5, 5.41) is 11.0. The smallest absolute Gasteiger partial charge is 0.292 e. The monoisotopic (exact) mass is 302 g/mol. The Morgan fingerprint density at radius 1 is 1.55 bits per heavy atom. The van der Waals surface area contributed by atoms with Crippen LogP contribution in [0, 0.1) is 5.92 Å². The lowest BCUT2D eigenvalue weighted by molar-refractivity contribution is 0.0663. The van der Waals surface area contributed by atoms with Crippen molar-refractivity contribution < 1.29 is 9.32 Å². The second-order valence-electron chi connectivity index (χ2n) is 6.38. The van der Waals surface area contributed by atoms with E-state index < -0.39 is 0 Å². The maximum absolute atomic E-state index is 12.6. The largest absolute Gasteiger partial charge is 0.351 e. The van der Waals surface area contributed by atoms with Crippen LogP contribution in [0.4, 0.5) is 0 Å². The molecule has 0 aromatic carbocycles. The molecule has 0 radical (unpaired) electrons. The highest BCUT2D eigenvalue weighted by Crippen LogP contribution is 2.26. The number of carbonyl (C=O) groups excluding carboxylic acids is 1. The fourth-order valence-electron chi connectivity index (χ4n) is 2.99. The Kier molecular flexibility index (Phi) is 4.27. The summed E-state index contributed by atoms with van der Waals surface area (Å²) < 4.78 is 5.25. The van der Waals surface area contributed by atoms with Crippen LogP contribution in [0.5, 0.6) is 0 Å². The van der Waals surface area contributed by atoms with Gasteiger partial charge in [-0.15, -0.1) is 0 Å². The quantitative estimate of drug-likeness (QED) is 0.942. The molecule has 118 valence electrons. The van der Waals surface area contributed by atoms with Gasteiger partial charge in [0, 0.05) is 37.0 Å². The molecule has 1 aliphatic heterocycles. The van der Waals surface area contributed by atoms with E-state index in [1.165, 1.54) is 0 Å². The van der Waals surface area contributed by atoms with Crippen LogP contribution in [-0.4, -0.2) is 39.3 Å². The number of carbonyl (C=O) groups is 1. The Labute approximate surface area is 129 Å². The van der Waals surface area contributed by atoms with E-state index in [4.69, 9.17) is 4.52 Å². The zero-order valence-electron chi connectivity index (χ0n) is 13.1. The average molecular weight is 302 g/mol. The summed E-state index contributed by atoms with van der Waals surface area (Å²) in [5.74, 6) is 1.10. The van der Waals surface area contributed by atoms with Crippen molar-refractivity contribution in [3.8, 4) is 0 Å². The van der Waals surface area contributed by atoms with Gasteiger partial charge in [-0.25, -0.2) is 0 Å². The molecule has 0 spiro atoms. The molecule has 0 aliphatic carbocycles. The fraction of sp³-hybridized carbons (Fsp3) is 0.562. The summed E-state index contributed by atoms with van der Waals surface area (Å²) in [6.45, 7) is 5.70. The lowest BCUT2D eigenvalue weighted by Crippen LogP contribution is -2.39. The fourth-order valence-corrected chi connectivity index (χ4v) is 2.99.